The van der Waals surface area contributed by atoms with E-state index >= 15 is 0 Å². The van der Waals surface area contributed by atoms with Gasteiger partial charge in [-0.1, -0.05) is 109 Å². The third kappa shape index (κ3) is 6.89. The van der Waals surface area contributed by atoms with Crippen LogP contribution in [0.1, 0.15) is 36.5 Å². The molecule has 1 fully saturated rings. The average Bonchev–Trinajstić information content (AvgIpc) is 3.38. The highest BCUT2D eigenvalue weighted by atomic mass is 32.2. The first-order valence-electron chi connectivity index (χ1n) is 12.9. The van der Waals surface area contributed by atoms with Crippen LogP contribution >= 0.6 is 11.8 Å². The molecule has 0 spiro atoms. The maximum atomic E-state index is 13.0. The molecule has 3 aromatic carbocycles. The van der Waals surface area contributed by atoms with E-state index in [2.05, 4.69) is 90.0 Å². The molecule has 2 amide bonds. The number of carbonyl (C=O) groups excluding carboxylic acids is 2. The third-order valence-electron chi connectivity index (χ3n) is 6.51. The molecule has 8 heteroatoms. The fourth-order valence-electron chi connectivity index (χ4n) is 4.88. The summed E-state index contributed by atoms with van der Waals surface area (Å²) in [6, 6.07) is 31.4. The van der Waals surface area contributed by atoms with Gasteiger partial charge in [-0.2, -0.15) is 5.48 Å². The van der Waals surface area contributed by atoms with Gasteiger partial charge in [-0.05, 0) is 23.1 Å². The van der Waals surface area contributed by atoms with Crippen molar-refractivity contribution in [1.82, 2.24) is 10.4 Å². The third-order valence-corrected chi connectivity index (χ3v) is 8.25. The first kappa shape index (κ1) is 28.0. The summed E-state index contributed by atoms with van der Waals surface area (Å²) in [4.78, 5) is 30.6. The monoisotopic (exact) mass is 543 g/mol. The maximum Gasteiger partial charge on any atom is 0.410 e. The molecule has 1 aliphatic heterocycles. The van der Waals surface area contributed by atoms with E-state index < -0.39 is 4.75 Å². The number of hydrogen-bond donors (Lipinski definition) is 1. The fourth-order valence-corrected chi connectivity index (χ4v) is 6.75. The van der Waals surface area contributed by atoms with Crippen molar-refractivity contribution in [2.45, 2.75) is 35.8 Å². The molecule has 2 atom stereocenters. The van der Waals surface area contributed by atoms with Crippen LogP contribution < -0.4 is 5.48 Å². The van der Waals surface area contributed by atoms with Crippen molar-refractivity contribution in [1.29, 1.82) is 0 Å². The van der Waals surface area contributed by atoms with Gasteiger partial charge in [-0.25, -0.2) is 4.79 Å². The number of benzene rings is 3. The lowest BCUT2D eigenvalue weighted by atomic mass is 9.84. The molecule has 1 aliphatic rings. The molecule has 0 saturated carbocycles. The summed E-state index contributed by atoms with van der Waals surface area (Å²) in [7, 11) is 0. The highest BCUT2D eigenvalue weighted by Crippen LogP contribution is 2.52. The molecule has 0 radical (unpaired) electrons. The van der Waals surface area contributed by atoms with Crippen LogP contribution in [-0.2, 0) is 19.2 Å². The minimum absolute atomic E-state index is 0.0940. The van der Waals surface area contributed by atoms with Gasteiger partial charge in [0.2, 0.25) is 0 Å². The Kier molecular flexibility index (Phi) is 9.80. The minimum Gasteiger partial charge on any atom is -0.445 e. The molecule has 1 saturated heterocycles. The Morgan fingerprint density at radius 1 is 1.00 bits per heavy atom. The molecule has 1 heterocycles. The van der Waals surface area contributed by atoms with Gasteiger partial charge in [0.15, 0.2) is 0 Å². The second-order valence-electron chi connectivity index (χ2n) is 9.20. The summed E-state index contributed by atoms with van der Waals surface area (Å²) < 4.78 is 4.93. The number of likely N-dealkylation sites (tertiary alicyclic amines) is 1. The number of nitrogens with zero attached hydrogens (tertiary/aromatic N) is 2. The van der Waals surface area contributed by atoms with Gasteiger partial charge in [0.1, 0.15) is 6.61 Å². The Balaban J connectivity index is 1.68. The molecule has 39 heavy (non-hydrogen) atoms. The first-order chi connectivity index (χ1) is 19.0. The van der Waals surface area contributed by atoms with Gasteiger partial charge in [0.05, 0.1) is 4.75 Å². The number of hydrogen-bond acceptors (Lipinski definition) is 6. The van der Waals surface area contributed by atoms with Gasteiger partial charge in [0, 0.05) is 37.4 Å². The summed E-state index contributed by atoms with van der Waals surface area (Å²) in [5.74, 6) is -0.349. The Morgan fingerprint density at radius 3 is 2.03 bits per heavy atom. The lowest BCUT2D eigenvalue weighted by Gasteiger charge is -2.37. The lowest BCUT2D eigenvalue weighted by molar-refractivity contribution is -0.131. The van der Waals surface area contributed by atoms with E-state index in [9.17, 15) is 9.59 Å². The van der Waals surface area contributed by atoms with E-state index in [0.29, 0.717) is 13.0 Å². The molecule has 3 aromatic rings. The zero-order valence-electron chi connectivity index (χ0n) is 21.9. The van der Waals surface area contributed by atoms with Crippen LogP contribution in [0.3, 0.4) is 0 Å². The number of ether oxygens (including phenoxy) is 1. The summed E-state index contributed by atoms with van der Waals surface area (Å²) in [5, 5.41) is 3.91. The fraction of sp³-hybridized carbons (Fsp3) is 0.258. The van der Waals surface area contributed by atoms with Crippen molar-refractivity contribution in [3.05, 3.63) is 120 Å². The van der Waals surface area contributed by atoms with Crippen molar-refractivity contribution >= 4 is 30.0 Å². The van der Waals surface area contributed by atoms with Gasteiger partial charge in [-0.3, -0.25) is 9.73 Å². The Hall–Kier alpha value is -4.04. The number of oxime groups is 1. The standard InChI is InChI=1S/C31H33N3O4S/c1-3-21-37-30(36)34-23-29(22-28(34)19-20-32-38-33-24(2)35)39-31(25-13-7-4-8-14-25,26-15-9-5-10-16-26)27-17-11-6-12-18-27/h3-18,20,28-29H,1,19,21-23H2,2H3,(H,33,35)/b32-20-/t28-,29-/m0/s1. The predicted octanol–water partition coefficient (Wildman–Crippen LogP) is 5.92. The number of rotatable bonds is 11. The molecule has 202 valence electrons. The van der Waals surface area contributed by atoms with E-state index in [1.54, 1.807) is 17.2 Å². The summed E-state index contributed by atoms with van der Waals surface area (Å²) in [6.07, 6.45) is 3.93. The molecular weight excluding hydrogens is 510 g/mol. The topological polar surface area (TPSA) is 80.2 Å². The highest BCUT2D eigenvalue weighted by molar-refractivity contribution is 8.01. The molecule has 0 aromatic heterocycles. The molecule has 4 rings (SSSR count). The van der Waals surface area contributed by atoms with Crippen molar-refractivity contribution in [3.63, 3.8) is 0 Å². The van der Waals surface area contributed by atoms with Crippen LogP contribution in [0, 0.1) is 0 Å². The minimum atomic E-state index is -0.497. The van der Waals surface area contributed by atoms with Crippen LogP contribution in [0.4, 0.5) is 4.79 Å². The second kappa shape index (κ2) is 13.7. The van der Waals surface area contributed by atoms with E-state index in [0.717, 1.165) is 6.42 Å². The largest absolute Gasteiger partial charge is 0.445 e. The number of thioether (sulfide) groups is 1. The molecule has 0 unspecified atom stereocenters. The molecule has 7 nitrogen and oxygen atoms in total. The Morgan fingerprint density at radius 2 is 1.54 bits per heavy atom. The van der Waals surface area contributed by atoms with Gasteiger partial charge >= 0.3 is 6.09 Å². The molecule has 0 aliphatic carbocycles. The van der Waals surface area contributed by atoms with Crippen LogP contribution in [0.15, 0.2) is 109 Å². The normalized spacial score (nSPS) is 17.1. The van der Waals surface area contributed by atoms with Crippen molar-refractivity contribution in [3.8, 4) is 0 Å². The number of nitrogens with one attached hydrogen (secondary N) is 1. The molecule has 0 bridgehead atoms. The van der Waals surface area contributed by atoms with Crippen LogP contribution in [-0.4, -0.2) is 47.6 Å². The zero-order valence-corrected chi connectivity index (χ0v) is 22.8. The maximum absolute atomic E-state index is 13.0. The second-order valence-corrected chi connectivity index (χ2v) is 10.7. The number of carbonyl (C=O) groups is 2. The summed E-state index contributed by atoms with van der Waals surface area (Å²) in [5.41, 5.74) is 5.68. The SMILES string of the molecule is C=CCOC(=O)N1C[C@@H](SC(c2ccccc2)(c2ccccc2)c2ccccc2)C[C@@H]1C/C=N\ONC(C)=O. The highest BCUT2D eigenvalue weighted by Gasteiger charge is 2.44. The van der Waals surface area contributed by atoms with Crippen molar-refractivity contribution < 1.29 is 19.3 Å². The smallest absolute Gasteiger partial charge is 0.410 e. The van der Waals surface area contributed by atoms with E-state index in [1.165, 1.54) is 23.6 Å². The van der Waals surface area contributed by atoms with Gasteiger partial charge in [0.25, 0.3) is 5.91 Å². The molecule has 1 N–H and O–H groups in total. The van der Waals surface area contributed by atoms with Crippen molar-refractivity contribution in [2.75, 3.05) is 13.2 Å². The van der Waals surface area contributed by atoms with Crippen LogP contribution in [0.5, 0.6) is 0 Å². The molecular formula is C31H33N3O4S. The Labute approximate surface area is 233 Å². The van der Waals surface area contributed by atoms with Gasteiger partial charge in [-0.15, -0.1) is 11.8 Å². The zero-order chi connectivity index (χ0) is 27.5. The van der Waals surface area contributed by atoms with E-state index in [1.807, 2.05) is 30.0 Å². The van der Waals surface area contributed by atoms with E-state index in [4.69, 9.17) is 9.68 Å². The van der Waals surface area contributed by atoms with Gasteiger partial charge < -0.3 is 9.64 Å². The predicted molar refractivity (Wildman–Crippen MR) is 155 cm³/mol. The van der Waals surface area contributed by atoms with Crippen LogP contribution in [0.25, 0.3) is 0 Å². The van der Waals surface area contributed by atoms with E-state index in [-0.39, 0.29) is 29.9 Å². The number of hydroxylamine groups is 1. The lowest BCUT2D eigenvalue weighted by Crippen LogP contribution is -2.37. The Bertz CT molecular complexity index is 1160. The van der Waals surface area contributed by atoms with Crippen LogP contribution in [0.2, 0.25) is 0 Å². The van der Waals surface area contributed by atoms with Crippen molar-refractivity contribution in [2.24, 2.45) is 5.16 Å². The summed E-state index contributed by atoms with van der Waals surface area (Å²) >= 11 is 1.85. The summed E-state index contributed by atoms with van der Waals surface area (Å²) in [6.45, 7) is 5.65. The first-order valence-corrected chi connectivity index (χ1v) is 13.8. The average molecular weight is 544 g/mol. The number of amides is 2. The quantitative estimate of drug-likeness (QED) is 0.141.